The third kappa shape index (κ3) is 4.52. The fraction of sp³-hybridized carbons (Fsp3) is 0.136. The molecule has 0 bridgehead atoms. The molecule has 0 radical (unpaired) electrons. The molecule has 2 aromatic heterocycles. The predicted molar refractivity (Wildman–Crippen MR) is 113 cm³/mol. The minimum absolute atomic E-state index is 0.164. The second kappa shape index (κ2) is 8.28. The van der Waals surface area contributed by atoms with Gasteiger partial charge in [0.15, 0.2) is 5.76 Å². The highest BCUT2D eigenvalue weighted by atomic mass is 32.1. The zero-order valence-electron chi connectivity index (χ0n) is 15.7. The van der Waals surface area contributed by atoms with E-state index in [1.807, 2.05) is 55.5 Å². The Kier molecular flexibility index (Phi) is 5.39. The second-order valence-electron chi connectivity index (χ2n) is 6.60. The highest BCUT2D eigenvalue weighted by Gasteiger charge is 2.23. The Morgan fingerprint density at radius 3 is 2.69 bits per heavy atom. The first-order valence-corrected chi connectivity index (χ1v) is 9.96. The molecular formula is C22H19N3O3S. The normalized spacial score (nSPS) is 11.9. The lowest BCUT2D eigenvalue weighted by Gasteiger charge is -2.18. The summed E-state index contributed by atoms with van der Waals surface area (Å²) in [4.78, 5) is 29.9. The molecule has 0 unspecified atom stereocenters. The van der Waals surface area contributed by atoms with Gasteiger partial charge in [-0.15, -0.1) is 11.3 Å². The van der Waals surface area contributed by atoms with Crippen LogP contribution in [0, 0.1) is 6.92 Å². The minimum atomic E-state index is -0.756. The number of aromatic nitrogens is 1. The molecule has 7 heteroatoms. The molecule has 2 aromatic carbocycles. The highest BCUT2D eigenvalue weighted by Crippen LogP contribution is 2.25. The minimum Gasteiger partial charge on any atom is -0.459 e. The first-order valence-electron chi connectivity index (χ1n) is 9.15. The van der Waals surface area contributed by atoms with Gasteiger partial charge in [-0.1, -0.05) is 30.3 Å². The van der Waals surface area contributed by atoms with Gasteiger partial charge in [0.2, 0.25) is 5.91 Å². The van der Waals surface area contributed by atoms with Crippen LogP contribution in [-0.2, 0) is 11.2 Å². The second-order valence-corrected chi connectivity index (χ2v) is 7.83. The molecule has 2 amide bonds. The summed E-state index contributed by atoms with van der Waals surface area (Å²) >= 11 is 1.57. The number of benzene rings is 2. The molecule has 0 fully saturated rings. The van der Waals surface area contributed by atoms with Crippen molar-refractivity contribution >= 4 is 39.1 Å². The molecule has 29 heavy (non-hydrogen) atoms. The number of anilines is 1. The standard InChI is InChI=1S/C22H19N3O3S/c1-14-23-17-10-9-16(13-20(17)29-14)24-21(26)18(12-15-6-3-2-4-7-15)25-22(27)19-8-5-11-28-19/h2-11,13,18H,12H2,1H3,(H,24,26)(H,25,27)/t18-/m1/s1. The van der Waals surface area contributed by atoms with Crippen LogP contribution in [0.2, 0.25) is 0 Å². The van der Waals surface area contributed by atoms with E-state index in [9.17, 15) is 9.59 Å². The quantitative estimate of drug-likeness (QED) is 0.504. The van der Waals surface area contributed by atoms with E-state index in [2.05, 4.69) is 15.6 Å². The van der Waals surface area contributed by atoms with Crippen molar-refractivity contribution in [2.45, 2.75) is 19.4 Å². The molecule has 4 aromatic rings. The average molecular weight is 405 g/mol. The number of hydrogen-bond donors (Lipinski definition) is 2. The van der Waals surface area contributed by atoms with Crippen LogP contribution in [0.4, 0.5) is 5.69 Å². The van der Waals surface area contributed by atoms with Gasteiger partial charge >= 0.3 is 0 Å². The van der Waals surface area contributed by atoms with Crippen LogP contribution < -0.4 is 10.6 Å². The molecule has 0 saturated carbocycles. The molecule has 1 atom stereocenters. The van der Waals surface area contributed by atoms with Gasteiger partial charge in [-0.25, -0.2) is 4.98 Å². The van der Waals surface area contributed by atoms with E-state index >= 15 is 0 Å². The zero-order valence-corrected chi connectivity index (χ0v) is 16.5. The van der Waals surface area contributed by atoms with Crippen molar-refractivity contribution < 1.29 is 14.0 Å². The number of nitrogens with one attached hydrogen (secondary N) is 2. The van der Waals surface area contributed by atoms with Crippen molar-refractivity contribution in [2.75, 3.05) is 5.32 Å². The van der Waals surface area contributed by atoms with Crippen LogP contribution >= 0.6 is 11.3 Å². The van der Waals surface area contributed by atoms with Crippen molar-refractivity contribution in [3.05, 3.63) is 83.3 Å². The van der Waals surface area contributed by atoms with E-state index in [1.54, 1.807) is 23.5 Å². The maximum atomic E-state index is 13.0. The van der Waals surface area contributed by atoms with Crippen LogP contribution in [-0.4, -0.2) is 22.8 Å². The van der Waals surface area contributed by atoms with Crippen molar-refractivity contribution in [2.24, 2.45) is 0 Å². The van der Waals surface area contributed by atoms with Gasteiger partial charge < -0.3 is 15.1 Å². The van der Waals surface area contributed by atoms with Gasteiger partial charge in [0.1, 0.15) is 6.04 Å². The average Bonchev–Trinajstić information content (AvgIpc) is 3.37. The first-order chi connectivity index (χ1) is 14.1. The van der Waals surface area contributed by atoms with Crippen LogP contribution in [0.25, 0.3) is 10.2 Å². The highest BCUT2D eigenvalue weighted by molar-refractivity contribution is 7.18. The lowest BCUT2D eigenvalue weighted by molar-refractivity contribution is -0.118. The van der Waals surface area contributed by atoms with E-state index in [0.29, 0.717) is 12.1 Å². The van der Waals surface area contributed by atoms with Crippen molar-refractivity contribution in [3.8, 4) is 0 Å². The molecule has 0 aliphatic carbocycles. The number of hydrogen-bond acceptors (Lipinski definition) is 5. The zero-order chi connectivity index (χ0) is 20.2. The fourth-order valence-corrected chi connectivity index (χ4v) is 3.91. The maximum Gasteiger partial charge on any atom is 0.287 e. The van der Waals surface area contributed by atoms with Gasteiger partial charge in [-0.2, -0.15) is 0 Å². The number of aryl methyl sites for hydroxylation is 1. The van der Waals surface area contributed by atoms with Crippen molar-refractivity contribution in [1.82, 2.24) is 10.3 Å². The molecule has 4 rings (SSSR count). The number of carbonyl (C=O) groups is 2. The van der Waals surface area contributed by atoms with Crippen LogP contribution in [0.3, 0.4) is 0 Å². The van der Waals surface area contributed by atoms with Crippen molar-refractivity contribution in [3.63, 3.8) is 0 Å². The number of rotatable bonds is 6. The number of carbonyl (C=O) groups excluding carboxylic acids is 2. The van der Waals surface area contributed by atoms with E-state index < -0.39 is 11.9 Å². The fourth-order valence-electron chi connectivity index (χ4n) is 3.04. The topological polar surface area (TPSA) is 84.2 Å². The summed E-state index contributed by atoms with van der Waals surface area (Å²) in [7, 11) is 0. The van der Waals surface area contributed by atoms with E-state index in [-0.39, 0.29) is 11.7 Å². The third-order valence-corrected chi connectivity index (χ3v) is 5.35. The number of nitrogens with zero attached hydrogens (tertiary/aromatic N) is 1. The van der Waals surface area contributed by atoms with Gasteiger partial charge in [-0.05, 0) is 42.8 Å². The Morgan fingerprint density at radius 2 is 1.93 bits per heavy atom. The number of thiazole rings is 1. The smallest absolute Gasteiger partial charge is 0.287 e. The molecule has 2 heterocycles. The summed E-state index contributed by atoms with van der Waals surface area (Å²) in [6, 6.07) is 17.6. The van der Waals surface area contributed by atoms with Gasteiger partial charge in [-0.3, -0.25) is 9.59 Å². The summed E-state index contributed by atoms with van der Waals surface area (Å²) in [5.74, 6) is -0.564. The molecular weight excluding hydrogens is 386 g/mol. The molecule has 0 spiro atoms. The van der Waals surface area contributed by atoms with E-state index in [0.717, 1.165) is 20.8 Å². The monoisotopic (exact) mass is 405 g/mol. The molecule has 0 saturated heterocycles. The van der Waals surface area contributed by atoms with Gasteiger partial charge in [0.05, 0.1) is 21.5 Å². The Morgan fingerprint density at radius 1 is 1.10 bits per heavy atom. The lowest BCUT2D eigenvalue weighted by Crippen LogP contribution is -2.45. The molecule has 2 N–H and O–H groups in total. The van der Waals surface area contributed by atoms with Gasteiger partial charge in [0.25, 0.3) is 5.91 Å². The molecule has 6 nitrogen and oxygen atoms in total. The Labute approximate surface area is 171 Å². The number of amides is 2. The first kappa shape index (κ1) is 18.9. The SMILES string of the molecule is Cc1nc2ccc(NC(=O)[C@@H](Cc3ccccc3)NC(=O)c3ccco3)cc2s1. The largest absolute Gasteiger partial charge is 0.459 e. The summed E-state index contributed by atoms with van der Waals surface area (Å²) < 4.78 is 6.15. The van der Waals surface area contributed by atoms with Crippen LogP contribution in [0.15, 0.2) is 71.3 Å². The predicted octanol–water partition coefficient (Wildman–Crippen LogP) is 4.18. The Bertz CT molecular complexity index is 1140. The third-order valence-electron chi connectivity index (χ3n) is 4.41. The lowest BCUT2D eigenvalue weighted by atomic mass is 10.0. The summed E-state index contributed by atoms with van der Waals surface area (Å²) in [6.45, 7) is 1.95. The summed E-state index contributed by atoms with van der Waals surface area (Å²) in [5, 5.41) is 6.65. The number of fused-ring (bicyclic) bond motifs is 1. The molecule has 0 aliphatic heterocycles. The van der Waals surface area contributed by atoms with E-state index in [1.165, 1.54) is 6.26 Å². The van der Waals surface area contributed by atoms with E-state index in [4.69, 9.17) is 4.42 Å². The van der Waals surface area contributed by atoms with Crippen LogP contribution in [0.5, 0.6) is 0 Å². The Balaban J connectivity index is 1.54. The molecule has 146 valence electrons. The number of furan rings is 1. The maximum absolute atomic E-state index is 13.0. The van der Waals surface area contributed by atoms with Crippen molar-refractivity contribution in [1.29, 1.82) is 0 Å². The molecule has 0 aliphatic rings. The summed E-state index contributed by atoms with van der Waals surface area (Å²) in [5.41, 5.74) is 2.51. The summed E-state index contributed by atoms with van der Waals surface area (Å²) in [6.07, 6.45) is 1.79. The Hall–Kier alpha value is -3.45. The van der Waals surface area contributed by atoms with Gasteiger partial charge in [0, 0.05) is 12.1 Å². The van der Waals surface area contributed by atoms with Crippen LogP contribution in [0.1, 0.15) is 21.1 Å².